The van der Waals surface area contributed by atoms with E-state index in [9.17, 15) is 8.42 Å². The van der Waals surface area contributed by atoms with Crippen LogP contribution in [0.1, 0.15) is 11.1 Å². The van der Waals surface area contributed by atoms with Gasteiger partial charge in [0.2, 0.25) is 0 Å². The van der Waals surface area contributed by atoms with Gasteiger partial charge in [-0.15, -0.1) is 0 Å². The summed E-state index contributed by atoms with van der Waals surface area (Å²) in [5.74, 6) is 0. The molecule has 0 fully saturated rings. The minimum absolute atomic E-state index is 0.0710. The maximum absolute atomic E-state index is 12.8. The number of sulfonamides is 1. The monoisotopic (exact) mass is 479 g/mol. The fourth-order valence-corrected chi connectivity index (χ4v) is 4.80. The molecule has 0 saturated carbocycles. The predicted molar refractivity (Wildman–Crippen MR) is 129 cm³/mol. The molecule has 3 N–H and O–H groups in total. The lowest BCUT2D eigenvalue weighted by molar-refractivity contribution is 0.601. The second kappa shape index (κ2) is 9.22. The molecule has 0 aliphatic carbocycles. The molecule has 0 radical (unpaired) electrons. The van der Waals surface area contributed by atoms with Crippen molar-refractivity contribution >= 4 is 67.6 Å². The van der Waals surface area contributed by atoms with E-state index in [-0.39, 0.29) is 9.92 Å². The van der Waals surface area contributed by atoms with Crippen molar-refractivity contribution in [2.24, 2.45) is 0 Å². The summed E-state index contributed by atoms with van der Waals surface area (Å²) in [4.78, 5) is -0.0710. The number of benzene rings is 3. The minimum atomic E-state index is -3.91. The number of nitrogens with one attached hydrogen (secondary N) is 3. The lowest BCUT2D eigenvalue weighted by Gasteiger charge is -2.14. The van der Waals surface area contributed by atoms with E-state index in [0.29, 0.717) is 21.5 Å². The Morgan fingerprint density at radius 3 is 2.00 bits per heavy atom. The standard InChI is InChI=1S/C21H19Cl2N3O2S2/c1-13-9-14(2)11-18(10-13)25-21(29)24-17-7-8-19(23)20(12-17)30(27,28)26-16-5-3-15(22)4-6-16/h3-12,26H,1-2H3,(H2,24,25,29). The van der Waals surface area contributed by atoms with E-state index in [1.165, 1.54) is 12.1 Å². The highest BCUT2D eigenvalue weighted by Gasteiger charge is 2.19. The van der Waals surface area contributed by atoms with Gasteiger partial charge in [-0.2, -0.15) is 0 Å². The first-order valence-corrected chi connectivity index (χ1v) is 11.5. The van der Waals surface area contributed by atoms with Gasteiger partial charge in [0, 0.05) is 22.1 Å². The van der Waals surface area contributed by atoms with Gasteiger partial charge < -0.3 is 10.6 Å². The lowest BCUT2D eigenvalue weighted by Crippen LogP contribution is -2.20. The van der Waals surface area contributed by atoms with Crippen molar-refractivity contribution in [2.45, 2.75) is 18.7 Å². The molecule has 0 unspecified atom stereocenters. The van der Waals surface area contributed by atoms with Gasteiger partial charge in [-0.25, -0.2) is 8.42 Å². The topological polar surface area (TPSA) is 70.2 Å². The zero-order valence-corrected chi connectivity index (χ0v) is 19.3. The van der Waals surface area contributed by atoms with Crippen LogP contribution in [0.3, 0.4) is 0 Å². The maximum Gasteiger partial charge on any atom is 0.263 e. The molecule has 5 nitrogen and oxygen atoms in total. The summed E-state index contributed by atoms with van der Waals surface area (Å²) in [5.41, 5.74) is 3.91. The van der Waals surface area contributed by atoms with Crippen LogP contribution in [0.4, 0.5) is 17.1 Å². The summed E-state index contributed by atoms with van der Waals surface area (Å²) in [6.45, 7) is 4.00. The van der Waals surface area contributed by atoms with Crippen molar-refractivity contribution in [3.05, 3.63) is 81.8 Å². The van der Waals surface area contributed by atoms with Gasteiger partial charge in [0.1, 0.15) is 4.90 Å². The van der Waals surface area contributed by atoms with E-state index < -0.39 is 10.0 Å². The SMILES string of the molecule is Cc1cc(C)cc(NC(=S)Nc2ccc(Cl)c(S(=O)(=O)Nc3ccc(Cl)cc3)c2)c1. The van der Waals surface area contributed by atoms with Crippen LogP contribution in [0.2, 0.25) is 10.0 Å². The second-order valence-corrected chi connectivity index (χ2v) is 9.62. The van der Waals surface area contributed by atoms with Crippen molar-refractivity contribution in [2.75, 3.05) is 15.4 Å². The van der Waals surface area contributed by atoms with Crippen LogP contribution in [0.15, 0.2) is 65.6 Å². The molecular formula is C21H19Cl2N3O2S2. The average molecular weight is 480 g/mol. The third-order valence-corrected chi connectivity index (χ3v) is 6.37. The first-order valence-electron chi connectivity index (χ1n) is 8.87. The Hall–Kier alpha value is -2.32. The second-order valence-electron chi connectivity index (χ2n) is 6.71. The molecule has 0 spiro atoms. The third kappa shape index (κ3) is 5.86. The zero-order valence-electron chi connectivity index (χ0n) is 16.2. The highest BCUT2D eigenvalue weighted by Crippen LogP contribution is 2.27. The van der Waals surface area contributed by atoms with Crippen molar-refractivity contribution < 1.29 is 8.42 Å². The van der Waals surface area contributed by atoms with Crippen molar-refractivity contribution in [1.82, 2.24) is 0 Å². The van der Waals surface area contributed by atoms with Gasteiger partial charge >= 0.3 is 0 Å². The van der Waals surface area contributed by atoms with Crippen molar-refractivity contribution in [3.8, 4) is 0 Å². The molecule has 0 aliphatic rings. The number of aryl methyl sites for hydroxylation is 2. The molecule has 30 heavy (non-hydrogen) atoms. The largest absolute Gasteiger partial charge is 0.332 e. The molecule has 3 aromatic rings. The van der Waals surface area contributed by atoms with E-state index >= 15 is 0 Å². The smallest absolute Gasteiger partial charge is 0.263 e. The molecule has 0 amide bonds. The van der Waals surface area contributed by atoms with E-state index in [2.05, 4.69) is 21.4 Å². The fraction of sp³-hybridized carbons (Fsp3) is 0.0952. The first kappa shape index (κ1) is 22.4. The molecule has 3 rings (SSSR count). The molecule has 3 aromatic carbocycles. The molecule has 0 bridgehead atoms. The summed E-state index contributed by atoms with van der Waals surface area (Å²) in [6, 6.07) is 16.9. The van der Waals surface area contributed by atoms with E-state index in [1.807, 2.05) is 26.0 Å². The first-order chi connectivity index (χ1) is 14.1. The van der Waals surface area contributed by atoms with Gasteiger partial charge in [-0.05, 0) is 91.8 Å². The highest BCUT2D eigenvalue weighted by atomic mass is 35.5. The van der Waals surface area contributed by atoms with Gasteiger partial charge in [-0.1, -0.05) is 29.3 Å². The number of rotatable bonds is 5. The van der Waals surface area contributed by atoms with Crippen LogP contribution in [-0.2, 0) is 10.0 Å². The zero-order chi connectivity index (χ0) is 21.9. The molecule has 9 heteroatoms. The molecular weight excluding hydrogens is 461 g/mol. The fourth-order valence-electron chi connectivity index (χ4n) is 2.86. The van der Waals surface area contributed by atoms with Crippen LogP contribution in [0.5, 0.6) is 0 Å². The minimum Gasteiger partial charge on any atom is -0.332 e. The van der Waals surface area contributed by atoms with Gasteiger partial charge in [-0.3, -0.25) is 4.72 Å². The van der Waals surface area contributed by atoms with Crippen LogP contribution in [0, 0.1) is 13.8 Å². The van der Waals surface area contributed by atoms with Crippen LogP contribution >= 0.6 is 35.4 Å². The van der Waals surface area contributed by atoms with Crippen molar-refractivity contribution in [3.63, 3.8) is 0 Å². The Morgan fingerprint density at radius 1 is 0.800 bits per heavy atom. The summed E-state index contributed by atoms with van der Waals surface area (Å²) in [6.07, 6.45) is 0. The Morgan fingerprint density at radius 2 is 1.37 bits per heavy atom. The quantitative estimate of drug-likeness (QED) is 0.378. The Bertz CT molecular complexity index is 1180. The van der Waals surface area contributed by atoms with Gasteiger partial charge in [0.25, 0.3) is 10.0 Å². The van der Waals surface area contributed by atoms with E-state index in [1.54, 1.807) is 30.3 Å². The lowest BCUT2D eigenvalue weighted by atomic mass is 10.1. The molecule has 0 atom stereocenters. The summed E-state index contributed by atoms with van der Waals surface area (Å²) in [5, 5.41) is 7.02. The summed E-state index contributed by atoms with van der Waals surface area (Å²) >= 11 is 17.4. The molecule has 0 saturated heterocycles. The Balaban J connectivity index is 1.78. The number of hydrogen-bond donors (Lipinski definition) is 3. The van der Waals surface area contributed by atoms with Crippen LogP contribution in [0.25, 0.3) is 0 Å². The summed E-state index contributed by atoms with van der Waals surface area (Å²) < 4.78 is 28.1. The van der Waals surface area contributed by atoms with Crippen LogP contribution in [-0.4, -0.2) is 13.5 Å². The Kier molecular flexibility index (Phi) is 6.88. The normalized spacial score (nSPS) is 11.1. The predicted octanol–water partition coefficient (Wildman–Crippen LogP) is 6.22. The summed E-state index contributed by atoms with van der Waals surface area (Å²) in [7, 11) is -3.91. The molecule has 0 heterocycles. The van der Waals surface area contributed by atoms with E-state index in [0.717, 1.165) is 16.8 Å². The molecule has 0 aliphatic heterocycles. The number of anilines is 3. The maximum atomic E-state index is 12.8. The van der Waals surface area contributed by atoms with Gasteiger partial charge in [0.15, 0.2) is 5.11 Å². The van der Waals surface area contributed by atoms with Crippen molar-refractivity contribution in [1.29, 1.82) is 0 Å². The number of halogens is 2. The van der Waals surface area contributed by atoms with E-state index in [4.69, 9.17) is 35.4 Å². The molecule has 156 valence electrons. The number of thiocarbonyl (C=S) groups is 1. The highest BCUT2D eigenvalue weighted by molar-refractivity contribution is 7.92. The Labute approximate surface area is 191 Å². The number of hydrogen-bond acceptors (Lipinski definition) is 3. The third-order valence-electron chi connectivity index (χ3n) is 4.05. The average Bonchev–Trinajstić information content (AvgIpc) is 2.64. The molecule has 0 aromatic heterocycles. The van der Waals surface area contributed by atoms with Crippen LogP contribution < -0.4 is 15.4 Å². The van der Waals surface area contributed by atoms with Gasteiger partial charge in [0.05, 0.1) is 5.02 Å².